The molecule has 0 spiro atoms. The number of aryl methyl sites for hydroxylation is 2. The number of alkyl halides is 3. The van der Waals surface area contributed by atoms with Crippen LogP contribution in [0.25, 0.3) is 0 Å². The van der Waals surface area contributed by atoms with Crippen LogP contribution >= 0.6 is 0 Å². The van der Waals surface area contributed by atoms with Crippen molar-refractivity contribution in [2.24, 2.45) is 0 Å². The Labute approximate surface area is 177 Å². The molecule has 6 nitrogen and oxygen atoms in total. The van der Waals surface area contributed by atoms with Crippen LogP contribution in [0.4, 0.5) is 18.9 Å². The summed E-state index contributed by atoms with van der Waals surface area (Å²) in [4.78, 5) is 20.4. The molecule has 31 heavy (non-hydrogen) atoms. The second-order valence-corrected chi connectivity index (χ2v) is 6.83. The van der Waals surface area contributed by atoms with E-state index in [2.05, 4.69) is 20.0 Å². The molecule has 162 valence electrons. The molecule has 1 aromatic carbocycles. The van der Waals surface area contributed by atoms with Gasteiger partial charge in [-0.3, -0.25) is 9.78 Å². The first kappa shape index (κ1) is 22.1. The topological polar surface area (TPSA) is 73.3 Å². The standard InChI is InChI=1S/C22H20F3N3O3/c1-14-8-17(9-15(2)20(14)30-12-16-4-3-7-26-10-16)21(29)28-18-5-6-19(27-11-18)31-13-22(23,24)25/h3-11H,12-13H2,1-2H3,(H,28,29). The van der Waals surface area contributed by atoms with Crippen LogP contribution in [0.2, 0.25) is 0 Å². The van der Waals surface area contributed by atoms with E-state index in [1.807, 2.05) is 26.0 Å². The van der Waals surface area contributed by atoms with Gasteiger partial charge in [-0.25, -0.2) is 4.98 Å². The minimum Gasteiger partial charge on any atom is -0.488 e. The number of anilines is 1. The monoisotopic (exact) mass is 431 g/mol. The third-order valence-electron chi connectivity index (χ3n) is 4.21. The Morgan fingerprint density at radius 2 is 1.81 bits per heavy atom. The Morgan fingerprint density at radius 3 is 2.39 bits per heavy atom. The fourth-order valence-electron chi connectivity index (χ4n) is 2.85. The summed E-state index contributed by atoms with van der Waals surface area (Å²) < 4.78 is 47.0. The van der Waals surface area contributed by atoms with Crippen molar-refractivity contribution in [2.45, 2.75) is 26.6 Å². The average Bonchev–Trinajstić information content (AvgIpc) is 2.72. The first-order valence-corrected chi connectivity index (χ1v) is 9.31. The summed E-state index contributed by atoms with van der Waals surface area (Å²) in [5, 5.41) is 2.66. The minimum absolute atomic E-state index is 0.183. The van der Waals surface area contributed by atoms with Crippen LogP contribution < -0.4 is 14.8 Å². The van der Waals surface area contributed by atoms with Gasteiger partial charge in [0.1, 0.15) is 12.4 Å². The highest BCUT2D eigenvalue weighted by atomic mass is 19.4. The molecule has 9 heteroatoms. The maximum absolute atomic E-state index is 12.6. The normalized spacial score (nSPS) is 11.1. The maximum Gasteiger partial charge on any atom is 0.422 e. The molecule has 0 aliphatic carbocycles. The average molecular weight is 431 g/mol. The van der Waals surface area contributed by atoms with E-state index in [-0.39, 0.29) is 11.8 Å². The Hall–Kier alpha value is -3.62. The summed E-state index contributed by atoms with van der Waals surface area (Å²) >= 11 is 0. The lowest BCUT2D eigenvalue weighted by molar-refractivity contribution is -0.154. The van der Waals surface area contributed by atoms with Gasteiger partial charge in [0, 0.05) is 29.6 Å². The van der Waals surface area contributed by atoms with Crippen LogP contribution in [0.15, 0.2) is 55.0 Å². The van der Waals surface area contributed by atoms with E-state index in [4.69, 9.17) is 4.74 Å². The summed E-state index contributed by atoms with van der Waals surface area (Å²) in [6.07, 6.45) is 0.193. The largest absolute Gasteiger partial charge is 0.488 e. The van der Waals surface area contributed by atoms with Crippen LogP contribution in [0, 0.1) is 13.8 Å². The van der Waals surface area contributed by atoms with E-state index in [1.165, 1.54) is 18.3 Å². The van der Waals surface area contributed by atoms with Crippen molar-refractivity contribution in [1.82, 2.24) is 9.97 Å². The number of carbonyl (C=O) groups excluding carboxylic acids is 1. The second kappa shape index (κ2) is 9.46. The molecule has 0 aliphatic heterocycles. The molecule has 1 amide bonds. The number of hydrogen-bond acceptors (Lipinski definition) is 5. The zero-order chi connectivity index (χ0) is 22.4. The highest BCUT2D eigenvalue weighted by Gasteiger charge is 2.28. The molecular weight excluding hydrogens is 411 g/mol. The van der Waals surface area contributed by atoms with Gasteiger partial charge in [-0.1, -0.05) is 6.07 Å². The van der Waals surface area contributed by atoms with E-state index in [0.717, 1.165) is 16.7 Å². The number of amides is 1. The van der Waals surface area contributed by atoms with Gasteiger partial charge in [0.05, 0.1) is 11.9 Å². The van der Waals surface area contributed by atoms with Crippen molar-refractivity contribution in [1.29, 1.82) is 0 Å². The van der Waals surface area contributed by atoms with E-state index < -0.39 is 12.8 Å². The molecule has 3 rings (SSSR count). The molecule has 0 atom stereocenters. The molecule has 0 aliphatic rings. The molecule has 0 radical (unpaired) electrons. The number of nitrogens with zero attached hydrogens (tertiary/aromatic N) is 2. The highest BCUT2D eigenvalue weighted by molar-refractivity contribution is 6.04. The second-order valence-electron chi connectivity index (χ2n) is 6.83. The number of carbonyl (C=O) groups is 1. The van der Waals surface area contributed by atoms with E-state index >= 15 is 0 Å². The SMILES string of the molecule is Cc1cc(C(=O)Nc2ccc(OCC(F)(F)F)nc2)cc(C)c1OCc1cccnc1. The maximum atomic E-state index is 12.6. The van der Waals surface area contributed by atoms with Crippen LogP contribution in [-0.4, -0.2) is 28.7 Å². The third kappa shape index (κ3) is 6.43. The van der Waals surface area contributed by atoms with Gasteiger partial charge in [-0.05, 0) is 49.2 Å². The Morgan fingerprint density at radius 1 is 1.06 bits per heavy atom. The van der Waals surface area contributed by atoms with Gasteiger partial charge in [0.25, 0.3) is 5.91 Å². The molecule has 3 aromatic rings. The van der Waals surface area contributed by atoms with Gasteiger partial charge in [-0.2, -0.15) is 13.2 Å². The first-order chi connectivity index (χ1) is 14.7. The van der Waals surface area contributed by atoms with Gasteiger partial charge in [0.2, 0.25) is 5.88 Å². The van der Waals surface area contributed by atoms with Gasteiger partial charge in [0.15, 0.2) is 6.61 Å². The number of nitrogens with one attached hydrogen (secondary N) is 1. The van der Waals surface area contributed by atoms with E-state index in [0.29, 0.717) is 23.6 Å². The number of benzene rings is 1. The predicted molar refractivity (Wildman–Crippen MR) is 108 cm³/mol. The summed E-state index contributed by atoms with van der Waals surface area (Å²) in [7, 11) is 0. The molecule has 2 heterocycles. The number of aromatic nitrogens is 2. The lowest BCUT2D eigenvalue weighted by Gasteiger charge is -2.14. The Kier molecular flexibility index (Phi) is 6.74. The van der Waals surface area contributed by atoms with E-state index in [1.54, 1.807) is 24.5 Å². The highest BCUT2D eigenvalue weighted by Crippen LogP contribution is 2.26. The van der Waals surface area contributed by atoms with Gasteiger partial charge >= 0.3 is 6.18 Å². The predicted octanol–water partition coefficient (Wildman–Crippen LogP) is 4.87. The minimum atomic E-state index is -4.45. The van der Waals surface area contributed by atoms with E-state index in [9.17, 15) is 18.0 Å². The lowest BCUT2D eigenvalue weighted by Crippen LogP contribution is -2.19. The molecular formula is C22H20F3N3O3. The summed E-state index contributed by atoms with van der Waals surface area (Å²) in [6, 6.07) is 9.82. The quantitative estimate of drug-likeness (QED) is 0.578. The van der Waals surface area contributed by atoms with Crippen LogP contribution in [0.5, 0.6) is 11.6 Å². The van der Waals surface area contributed by atoms with Crippen molar-refractivity contribution in [2.75, 3.05) is 11.9 Å². The summed E-state index contributed by atoms with van der Waals surface area (Å²) in [5.74, 6) is 0.126. The number of pyridine rings is 2. The number of halogens is 3. The number of rotatable bonds is 7. The van der Waals surface area contributed by atoms with Crippen LogP contribution in [-0.2, 0) is 6.61 Å². The Bertz CT molecular complexity index is 1020. The fourth-order valence-corrected chi connectivity index (χ4v) is 2.85. The molecule has 0 unspecified atom stereocenters. The van der Waals surface area contributed by atoms with Crippen LogP contribution in [0.3, 0.4) is 0 Å². The zero-order valence-electron chi connectivity index (χ0n) is 16.9. The summed E-state index contributed by atoms with van der Waals surface area (Å²) in [6.45, 7) is 2.61. The van der Waals surface area contributed by atoms with Crippen molar-refractivity contribution in [3.63, 3.8) is 0 Å². The number of ether oxygens (including phenoxy) is 2. The number of hydrogen-bond donors (Lipinski definition) is 1. The third-order valence-corrected chi connectivity index (χ3v) is 4.21. The lowest BCUT2D eigenvalue weighted by atomic mass is 10.0. The molecule has 0 saturated carbocycles. The van der Waals surface area contributed by atoms with Gasteiger partial charge in [-0.15, -0.1) is 0 Å². The first-order valence-electron chi connectivity index (χ1n) is 9.31. The molecule has 0 bridgehead atoms. The van der Waals surface area contributed by atoms with Crippen molar-refractivity contribution >= 4 is 11.6 Å². The molecule has 2 aromatic heterocycles. The van der Waals surface area contributed by atoms with Crippen molar-refractivity contribution < 1.29 is 27.4 Å². The van der Waals surface area contributed by atoms with Crippen molar-refractivity contribution in [3.05, 3.63) is 77.2 Å². The molecule has 1 N–H and O–H groups in total. The summed E-state index contributed by atoms with van der Waals surface area (Å²) in [5.41, 5.74) is 3.27. The van der Waals surface area contributed by atoms with Gasteiger partial charge < -0.3 is 14.8 Å². The smallest absolute Gasteiger partial charge is 0.422 e. The zero-order valence-corrected chi connectivity index (χ0v) is 16.9. The van der Waals surface area contributed by atoms with Crippen LogP contribution in [0.1, 0.15) is 27.0 Å². The Balaban J connectivity index is 1.64. The van der Waals surface area contributed by atoms with Crippen molar-refractivity contribution in [3.8, 4) is 11.6 Å². The molecule has 0 saturated heterocycles. The molecule has 0 fully saturated rings. The fraction of sp³-hybridized carbons (Fsp3) is 0.227.